The van der Waals surface area contributed by atoms with Gasteiger partial charge in [0.15, 0.2) is 0 Å². The molecule has 19 heavy (non-hydrogen) atoms. The topological polar surface area (TPSA) is 15.3 Å². The summed E-state index contributed by atoms with van der Waals surface area (Å²) in [6.07, 6.45) is 5.08. The molecule has 1 saturated heterocycles. The van der Waals surface area contributed by atoms with Crippen LogP contribution in [0.3, 0.4) is 0 Å². The van der Waals surface area contributed by atoms with Crippen molar-refractivity contribution in [3.63, 3.8) is 0 Å². The third kappa shape index (κ3) is 4.96. The molecule has 0 spiro atoms. The zero-order valence-electron chi connectivity index (χ0n) is 12.5. The van der Waals surface area contributed by atoms with Crippen LogP contribution in [0.25, 0.3) is 0 Å². The number of nitrogens with zero attached hydrogens (tertiary/aromatic N) is 1. The normalized spacial score (nSPS) is 19.5. The van der Waals surface area contributed by atoms with Crippen molar-refractivity contribution in [2.45, 2.75) is 32.6 Å². The van der Waals surface area contributed by atoms with Gasteiger partial charge in [-0.2, -0.15) is 0 Å². The van der Waals surface area contributed by atoms with Gasteiger partial charge in [0, 0.05) is 6.54 Å². The highest BCUT2D eigenvalue weighted by atomic mass is 15.1. The maximum atomic E-state index is 3.66. The summed E-state index contributed by atoms with van der Waals surface area (Å²) in [6.45, 7) is 7.25. The van der Waals surface area contributed by atoms with Gasteiger partial charge in [0.1, 0.15) is 0 Å². The van der Waals surface area contributed by atoms with E-state index >= 15 is 0 Å². The first-order chi connectivity index (χ1) is 9.18. The first-order valence-electron chi connectivity index (χ1n) is 7.61. The molecule has 1 fully saturated rings. The Morgan fingerprint density at radius 3 is 2.53 bits per heavy atom. The maximum absolute atomic E-state index is 3.66. The molecule has 106 valence electrons. The van der Waals surface area contributed by atoms with Crippen LogP contribution < -0.4 is 5.32 Å². The van der Waals surface area contributed by atoms with Gasteiger partial charge in [-0.15, -0.1) is 0 Å². The van der Waals surface area contributed by atoms with E-state index in [2.05, 4.69) is 54.5 Å². The molecule has 0 unspecified atom stereocenters. The Bertz CT molecular complexity index is 353. The second kappa shape index (κ2) is 7.06. The van der Waals surface area contributed by atoms with Crippen molar-refractivity contribution >= 4 is 0 Å². The minimum absolute atomic E-state index is 0.513. The van der Waals surface area contributed by atoms with Gasteiger partial charge in [0.05, 0.1) is 0 Å². The molecule has 0 saturated carbocycles. The van der Waals surface area contributed by atoms with Gasteiger partial charge in [-0.3, -0.25) is 0 Å². The second-order valence-corrected chi connectivity index (χ2v) is 6.38. The van der Waals surface area contributed by atoms with Crippen LogP contribution in [0.4, 0.5) is 0 Å². The average Bonchev–Trinajstić information content (AvgIpc) is 2.43. The van der Waals surface area contributed by atoms with Crippen LogP contribution in [0.15, 0.2) is 30.3 Å². The Labute approximate surface area is 118 Å². The minimum atomic E-state index is 0.513. The van der Waals surface area contributed by atoms with Crippen molar-refractivity contribution in [1.29, 1.82) is 0 Å². The lowest BCUT2D eigenvalue weighted by Gasteiger charge is -2.38. The summed E-state index contributed by atoms with van der Waals surface area (Å²) in [5.41, 5.74) is 1.97. The number of hydrogen-bond acceptors (Lipinski definition) is 2. The Morgan fingerprint density at radius 2 is 1.84 bits per heavy atom. The van der Waals surface area contributed by atoms with Gasteiger partial charge in [-0.1, -0.05) is 37.3 Å². The van der Waals surface area contributed by atoms with Crippen LogP contribution in [0.1, 0.15) is 31.7 Å². The summed E-state index contributed by atoms with van der Waals surface area (Å²) in [5.74, 6) is 0. The molecule has 0 atom stereocenters. The molecular weight excluding hydrogens is 232 g/mol. The smallest absolute Gasteiger partial charge is 0.000612 e. The first kappa shape index (κ1) is 14.5. The van der Waals surface area contributed by atoms with Gasteiger partial charge < -0.3 is 10.2 Å². The van der Waals surface area contributed by atoms with Crippen molar-refractivity contribution in [3.05, 3.63) is 35.9 Å². The molecule has 2 nitrogen and oxygen atoms in total. The maximum Gasteiger partial charge on any atom is 0.000612 e. The molecule has 1 aromatic rings. The molecule has 0 radical (unpaired) electrons. The molecule has 0 aliphatic carbocycles. The molecule has 2 rings (SSSR count). The van der Waals surface area contributed by atoms with E-state index < -0.39 is 0 Å². The largest absolute Gasteiger partial charge is 0.316 e. The number of hydrogen-bond donors (Lipinski definition) is 1. The van der Waals surface area contributed by atoms with E-state index in [0.29, 0.717) is 5.41 Å². The first-order valence-corrected chi connectivity index (χ1v) is 7.61. The van der Waals surface area contributed by atoms with Crippen LogP contribution in [-0.2, 0) is 6.42 Å². The minimum Gasteiger partial charge on any atom is -0.316 e. The summed E-state index contributed by atoms with van der Waals surface area (Å²) in [4.78, 5) is 2.44. The number of aryl methyl sites for hydroxylation is 1. The van der Waals surface area contributed by atoms with Gasteiger partial charge in [0.25, 0.3) is 0 Å². The van der Waals surface area contributed by atoms with E-state index in [1.807, 2.05) is 0 Å². The predicted molar refractivity (Wildman–Crippen MR) is 82.5 cm³/mol. The lowest BCUT2D eigenvalue weighted by Crippen LogP contribution is -2.42. The number of benzene rings is 1. The summed E-state index contributed by atoms with van der Waals surface area (Å²) in [7, 11) is 2.23. The average molecular weight is 260 g/mol. The number of likely N-dealkylation sites (tertiary alicyclic amines) is 1. The van der Waals surface area contributed by atoms with Crippen LogP contribution in [0.5, 0.6) is 0 Å². The highest BCUT2D eigenvalue weighted by Crippen LogP contribution is 2.29. The molecule has 1 aliphatic heterocycles. The van der Waals surface area contributed by atoms with E-state index in [4.69, 9.17) is 0 Å². The van der Waals surface area contributed by atoms with Crippen LogP contribution in [0.2, 0.25) is 0 Å². The monoisotopic (exact) mass is 260 g/mol. The van der Waals surface area contributed by atoms with Crippen molar-refractivity contribution in [1.82, 2.24) is 10.2 Å². The third-order valence-electron chi connectivity index (χ3n) is 4.41. The molecule has 0 amide bonds. The van der Waals surface area contributed by atoms with Crippen LogP contribution >= 0.6 is 0 Å². The van der Waals surface area contributed by atoms with E-state index in [-0.39, 0.29) is 0 Å². The van der Waals surface area contributed by atoms with Crippen molar-refractivity contribution in [3.8, 4) is 0 Å². The standard InChI is InChI=1S/C17H28N2/c1-17(10-13-19(2)14-11-17)15-18-12-6-9-16-7-4-3-5-8-16/h3-5,7-8,18H,6,9-15H2,1-2H3. The van der Waals surface area contributed by atoms with Crippen LogP contribution in [-0.4, -0.2) is 38.1 Å². The van der Waals surface area contributed by atoms with E-state index in [1.54, 1.807) is 0 Å². The fraction of sp³-hybridized carbons (Fsp3) is 0.647. The zero-order chi connectivity index (χ0) is 13.6. The molecule has 1 aliphatic rings. The molecule has 1 aromatic carbocycles. The predicted octanol–water partition coefficient (Wildman–Crippen LogP) is 2.94. The van der Waals surface area contributed by atoms with Gasteiger partial charge in [-0.25, -0.2) is 0 Å². The number of rotatable bonds is 6. The Balaban J connectivity index is 1.59. The number of piperidine rings is 1. The fourth-order valence-corrected chi connectivity index (χ4v) is 2.79. The second-order valence-electron chi connectivity index (χ2n) is 6.38. The number of nitrogens with one attached hydrogen (secondary N) is 1. The van der Waals surface area contributed by atoms with Gasteiger partial charge in [-0.05, 0) is 63.3 Å². The highest BCUT2D eigenvalue weighted by Gasteiger charge is 2.27. The van der Waals surface area contributed by atoms with Crippen molar-refractivity contribution < 1.29 is 0 Å². The SMILES string of the molecule is CN1CCC(C)(CNCCCc2ccccc2)CC1. The van der Waals surface area contributed by atoms with E-state index in [0.717, 1.165) is 6.54 Å². The fourth-order valence-electron chi connectivity index (χ4n) is 2.79. The zero-order valence-corrected chi connectivity index (χ0v) is 12.5. The highest BCUT2D eigenvalue weighted by molar-refractivity contribution is 5.14. The van der Waals surface area contributed by atoms with Crippen molar-refractivity contribution in [2.24, 2.45) is 5.41 Å². The van der Waals surface area contributed by atoms with E-state index in [9.17, 15) is 0 Å². The summed E-state index contributed by atoms with van der Waals surface area (Å²) >= 11 is 0. The van der Waals surface area contributed by atoms with Gasteiger partial charge >= 0.3 is 0 Å². The Morgan fingerprint density at radius 1 is 1.16 bits per heavy atom. The molecule has 0 aromatic heterocycles. The quantitative estimate of drug-likeness (QED) is 0.791. The summed E-state index contributed by atoms with van der Waals surface area (Å²) < 4.78 is 0. The lowest BCUT2D eigenvalue weighted by atomic mass is 9.80. The van der Waals surface area contributed by atoms with E-state index in [1.165, 1.54) is 50.9 Å². The summed E-state index contributed by atoms with van der Waals surface area (Å²) in [5, 5.41) is 3.66. The summed E-state index contributed by atoms with van der Waals surface area (Å²) in [6, 6.07) is 10.8. The third-order valence-corrected chi connectivity index (χ3v) is 4.41. The molecular formula is C17H28N2. The van der Waals surface area contributed by atoms with Crippen molar-refractivity contribution in [2.75, 3.05) is 33.2 Å². The Hall–Kier alpha value is -0.860. The lowest BCUT2D eigenvalue weighted by molar-refractivity contribution is 0.137. The van der Waals surface area contributed by atoms with Crippen LogP contribution in [0, 0.1) is 5.41 Å². The molecule has 1 N–H and O–H groups in total. The Kier molecular flexibility index (Phi) is 5.41. The van der Waals surface area contributed by atoms with Gasteiger partial charge in [0.2, 0.25) is 0 Å². The molecule has 0 bridgehead atoms. The molecule has 1 heterocycles. The molecule has 2 heteroatoms.